The molecule has 62 valence electrons. The number of carbonyl (C=O) groups is 1. The van der Waals surface area contributed by atoms with Gasteiger partial charge in [0, 0.05) is 5.38 Å². The number of hydrogen-bond donors (Lipinski definition) is 1. The molecule has 0 bridgehead atoms. The van der Waals surface area contributed by atoms with Crippen molar-refractivity contribution in [3.63, 3.8) is 0 Å². The molecular weight excluding hydrogens is 170 g/mol. The SMILES string of the molecule is O=C=NCCC(Cl)CC(=O)O. The predicted molar refractivity (Wildman–Crippen MR) is 39.5 cm³/mol. The summed E-state index contributed by atoms with van der Waals surface area (Å²) >= 11 is 5.54. The molecule has 0 aliphatic carbocycles. The second kappa shape index (κ2) is 5.89. The van der Waals surface area contributed by atoms with Crippen molar-refractivity contribution in [3.05, 3.63) is 0 Å². The van der Waals surface area contributed by atoms with Crippen molar-refractivity contribution in [1.82, 2.24) is 0 Å². The molecule has 0 aliphatic heterocycles. The molecule has 0 saturated heterocycles. The first-order valence-electron chi connectivity index (χ1n) is 3.06. The number of carboxylic acids is 1. The Morgan fingerprint density at radius 2 is 2.36 bits per heavy atom. The van der Waals surface area contributed by atoms with E-state index in [1.54, 1.807) is 0 Å². The number of carboxylic acid groups (broad SMARTS) is 1. The summed E-state index contributed by atoms with van der Waals surface area (Å²) < 4.78 is 0. The zero-order chi connectivity index (χ0) is 8.69. The van der Waals surface area contributed by atoms with Gasteiger partial charge in [-0.2, -0.15) is 0 Å². The molecule has 0 aromatic carbocycles. The molecule has 0 saturated carbocycles. The van der Waals surface area contributed by atoms with Crippen LogP contribution in [0.5, 0.6) is 0 Å². The number of rotatable bonds is 5. The Balaban J connectivity index is 3.44. The van der Waals surface area contributed by atoms with Crippen LogP contribution in [0.4, 0.5) is 0 Å². The average molecular weight is 178 g/mol. The van der Waals surface area contributed by atoms with Crippen molar-refractivity contribution in [2.75, 3.05) is 6.54 Å². The fourth-order valence-corrected chi connectivity index (χ4v) is 0.771. The van der Waals surface area contributed by atoms with Gasteiger partial charge in [0.2, 0.25) is 6.08 Å². The molecule has 4 nitrogen and oxygen atoms in total. The van der Waals surface area contributed by atoms with Crippen molar-refractivity contribution in [2.24, 2.45) is 4.99 Å². The first-order chi connectivity index (χ1) is 5.16. The van der Waals surface area contributed by atoms with Crippen LogP contribution < -0.4 is 0 Å². The number of hydrogen-bond acceptors (Lipinski definition) is 3. The number of aliphatic imine (C=N–C) groups is 1. The van der Waals surface area contributed by atoms with E-state index in [1.165, 1.54) is 6.08 Å². The fourth-order valence-electron chi connectivity index (χ4n) is 0.542. The second-order valence-corrected chi connectivity index (χ2v) is 2.57. The van der Waals surface area contributed by atoms with E-state index in [0.717, 1.165) is 0 Å². The molecule has 0 heterocycles. The van der Waals surface area contributed by atoms with Gasteiger partial charge < -0.3 is 5.11 Å². The highest BCUT2D eigenvalue weighted by atomic mass is 35.5. The number of carbonyl (C=O) groups excluding carboxylic acids is 1. The molecule has 0 rings (SSSR count). The van der Waals surface area contributed by atoms with Gasteiger partial charge in [-0.3, -0.25) is 4.79 Å². The zero-order valence-corrected chi connectivity index (χ0v) is 6.54. The van der Waals surface area contributed by atoms with E-state index in [2.05, 4.69) is 4.99 Å². The first-order valence-corrected chi connectivity index (χ1v) is 3.50. The van der Waals surface area contributed by atoms with Crippen LogP contribution >= 0.6 is 11.6 Å². The van der Waals surface area contributed by atoms with Crippen molar-refractivity contribution >= 4 is 23.7 Å². The highest BCUT2D eigenvalue weighted by Gasteiger charge is 2.08. The van der Waals surface area contributed by atoms with Crippen LogP contribution in [-0.2, 0) is 9.59 Å². The van der Waals surface area contributed by atoms with Gasteiger partial charge in [-0.25, -0.2) is 9.79 Å². The van der Waals surface area contributed by atoms with E-state index in [9.17, 15) is 9.59 Å². The maximum Gasteiger partial charge on any atom is 0.304 e. The van der Waals surface area contributed by atoms with Crippen LogP contribution in [0.3, 0.4) is 0 Å². The molecule has 0 aliphatic rings. The second-order valence-electron chi connectivity index (χ2n) is 1.96. The van der Waals surface area contributed by atoms with Gasteiger partial charge in [0.05, 0.1) is 13.0 Å². The van der Waals surface area contributed by atoms with Crippen molar-refractivity contribution in [2.45, 2.75) is 18.2 Å². The van der Waals surface area contributed by atoms with E-state index in [-0.39, 0.29) is 13.0 Å². The summed E-state index contributed by atoms with van der Waals surface area (Å²) in [5.74, 6) is -0.944. The number of aliphatic carboxylic acids is 1. The lowest BCUT2D eigenvalue weighted by molar-refractivity contribution is -0.137. The first kappa shape index (κ1) is 10.1. The van der Waals surface area contributed by atoms with Crippen LogP contribution in [0.2, 0.25) is 0 Å². The van der Waals surface area contributed by atoms with Crippen LogP contribution in [-0.4, -0.2) is 29.1 Å². The molecule has 0 aromatic heterocycles. The lowest BCUT2D eigenvalue weighted by atomic mass is 10.2. The van der Waals surface area contributed by atoms with Gasteiger partial charge in [0.25, 0.3) is 0 Å². The van der Waals surface area contributed by atoms with Crippen LogP contribution in [0.15, 0.2) is 4.99 Å². The maximum absolute atomic E-state index is 10.1. The number of alkyl halides is 1. The zero-order valence-electron chi connectivity index (χ0n) is 5.79. The largest absolute Gasteiger partial charge is 0.481 e. The Hall–Kier alpha value is -0.860. The van der Waals surface area contributed by atoms with Crippen LogP contribution in [0.1, 0.15) is 12.8 Å². The van der Waals surface area contributed by atoms with Gasteiger partial charge in [-0.1, -0.05) is 0 Å². The lowest BCUT2D eigenvalue weighted by Crippen LogP contribution is -2.07. The third kappa shape index (κ3) is 7.03. The Morgan fingerprint density at radius 3 is 2.82 bits per heavy atom. The molecule has 0 spiro atoms. The minimum Gasteiger partial charge on any atom is -0.481 e. The Kier molecular flexibility index (Phi) is 5.43. The smallest absolute Gasteiger partial charge is 0.304 e. The normalized spacial score (nSPS) is 11.7. The summed E-state index contributed by atoms with van der Waals surface area (Å²) in [6.45, 7) is 0.241. The summed E-state index contributed by atoms with van der Waals surface area (Å²) in [6.07, 6.45) is 1.64. The molecule has 0 amide bonds. The van der Waals surface area contributed by atoms with E-state index < -0.39 is 11.3 Å². The fraction of sp³-hybridized carbons (Fsp3) is 0.667. The van der Waals surface area contributed by atoms with Gasteiger partial charge in [0.15, 0.2) is 0 Å². The summed E-state index contributed by atoms with van der Waals surface area (Å²) in [7, 11) is 0. The molecule has 1 unspecified atom stereocenters. The standard InChI is InChI=1S/C6H8ClNO3/c7-5(3-6(10)11)1-2-8-4-9/h5H,1-3H2,(H,10,11). The van der Waals surface area contributed by atoms with Gasteiger partial charge in [-0.05, 0) is 6.42 Å². The molecule has 1 N–H and O–H groups in total. The molecule has 0 fully saturated rings. The van der Waals surface area contributed by atoms with Gasteiger partial charge in [-0.15, -0.1) is 11.6 Å². The Bertz CT molecular complexity index is 177. The summed E-state index contributed by atoms with van der Waals surface area (Å²) in [5.41, 5.74) is 0. The molecule has 0 aromatic rings. The minimum atomic E-state index is -0.944. The molecular formula is C6H8ClNO3. The lowest BCUT2D eigenvalue weighted by Gasteiger charge is -2.01. The highest BCUT2D eigenvalue weighted by Crippen LogP contribution is 2.06. The van der Waals surface area contributed by atoms with Crippen molar-refractivity contribution in [3.8, 4) is 0 Å². The van der Waals surface area contributed by atoms with E-state index in [0.29, 0.717) is 6.42 Å². The van der Waals surface area contributed by atoms with E-state index in [1.807, 2.05) is 0 Å². The minimum absolute atomic E-state index is 0.101. The summed E-state index contributed by atoms with van der Waals surface area (Å²) in [6, 6.07) is 0. The van der Waals surface area contributed by atoms with Crippen LogP contribution in [0.25, 0.3) is 0 Å². The number of halogens is 1. The van der Waals surface area contributed by atoms with Gasteiger partial charge >= 0.3 is 5.97 Å². The monoisotopic (exact) mass is 177 g/mol. The molecule has 0 radical (unpaired) electrons. The van der Waals surface area contributed by atoms with E-state index >= 15 is 0 Å². The Labute approximate surface area is 68.9 Å². The van der Waals surface area contributed by atoms with Crippen molar-refractivity contribution < 1.29 is 14.7 Å². The van der Waals surface area contributed by atoms with Crippen LogP contribution in [0, 0.1) is 0 Å². The molecule has 1 atom stereocenters. The quantitative estimate of drug-likeness (QED) is 0.384. The number of nitrogens with zero attached hydrogens (tertiary/aromatic N) is 1. The third-order valence-corrected chi connectivity index (χ3v) is 1.39. The molecule has 5 heteroatoms. The predicted octanol–water partition coefficient (Wildman–Crippen LogP) is 0.794. The van der Waals surface area contributed by atoms with Gasteiger partial charge in [0.1, 0.15) is 0 Å². The summed E-state index contributed by atoms with van der Waals surface area (Å²) in [5, 5.41) is 7.79. The van der Waals surface area contributed by atoms with E-state index in [4.69, 9.17) is 16.7 Å². The summed E-state index contributed by atoms with van der Waals surface area (Å²) in [4.78, 5) is 22.8. The third-order valence-electron chi connectivity index (χ3n) is 1.01. The molecule has 11 heavy (non-hydrogen) atoms. The maximum atomic E-state index is 10.1. The topological polar surface area (TPSA) is 66.7 Å². The van der Waals surface area contributed by atoms with Crippen molar-refractivity contribution in [1.29, 1.82) is 0 Å². The number of isocyanates is 1. The highest BCUT2D eigenvalue weighted by molar-refractivity contribution is 6.21. The Morgan fingerprint density at radius 1 is 1.73 bits per heavy atom. The average Bonchev–Trinajstić information content (AvgIpc) is 1.86.